The SMILES string of the molecule is C[C@H](O)[C@@H]1[C@@H]2CC[C@H](C2)[C@@H]1C/C=C/CCCC(=O)O. The first kappa shape index (κ1) is 14.6. The number of hydrogen-bond donors (Lipinski definition) is 2. The van der Waals surface area contributed by atoms with Crippen LogP contribution in [0, 0.1) is 23.7 Å². The van der Waals surface area contributed by atoms with Crippen molar-refractivity contribution in [3.05, 3.63) is 12.2 Å². The van der Waals surface area contributed by atoms with E-state index < -0.39 is 5.97 Å². The fourth-order valence-corrected chi connectivity index (χ4v) is 4.30. The third-order valence-electron chi connectivity index (χ3n) is 5.05. The Labute approximate surface area is 115 Å². The van der Waals surface area contributed by atoms with Crippen LogP contribution in [0.3, 0.4) is 0 Å². The number of rotatable bonds is 7. The highest BCUT2D eigenvalue weighted by Gasteiger charge is 2.48. The van der Waals surface area contributed by atoms with Gasteiger partial charge in [0.25, 0.3) is 0 Å². The van der Waals surface area contributed by atoms with Crippen molar-refractivity contribution in [1.82, 2.24) is 0 Å². The number of allylic oxidation sites excluding steroid dienone is 2. The minimum Gasteiger partial charge on any atom is -0.481 e. The lowest BCUT2D eigenvalue weighted by Gasteiger charge is -2.32. The summed E-state index contributed by atoms with van der Waals surface area (Å²) in [5.74, 6) is 1.98. The normalized spacial score (nSPS) is 35.1. The van der Waals surface area contributed by atoms with Crippen LogP contribution in [0.5, 0.6) is 0 Å². The van der Waals surface area contributed by atoms with Gasteiger partial charge in [0.15, 0.2) is 0 Å². The quantitative estimate of drug-likeness (QED) is 0.549. The minimum atomic E-state index is -0.712. The fraction of sp³-hybridized carbons (Fsp3) is 0.812. The summed E-state index contributed by atoms with van der Waals surface area (Å²) in [6, 6.07) is 0. The molecule has 2 N–H and O–H groups in total. The van der Waals surface area contributed by atoms with Crippen LogP contribution in [0.25, 0.3) is 0 Å². The van der Waals surface area contributed by atoms with E-state index in [1.165, 1.54) is 19.3 Å². The Balaban J connectivity index is 1.75. The van der Waals surface area contributed by atoms with Crippen LogP contribution in [0.15, 0.2) is 12.2 Å². The van der Waals surface area contributed by atoms with Crippen molar-refractivity contribution in [2.45, 2.75) is 58.0 Å². The first-order valence-corrected chi connectivity index (χ1v) is 7.64. The standard InChI is InChI=1S/C16H26O3/c1-11(17)16-13-9-8-12(10-13)14(16)6-4-2-3-5-7-15(18)19/h2,4,11-14,16-17H,3,5-10H2,1H3,(H,18,19)/b4-2+/t11-,12+,13+,14-,16+/m0/s1. The molecule has 5 atom stereocenters. The molecule has 0 aromatic rings. The summed E-state index contributed by atoms with van der Waals surface area (Å²) in [7, 11) is 0. The number of aliphatic carboxylic acids is 1. The van der Waals surface area contributed by atoms with Crippen LogP contribution in [0.4, 0.5) is 0 Å². The number of hydrogen-bond acceptors (Lipinski definition) is 2. The largest absolute Gasteiger partial charge is 0.481 e. The van der Waals surface area contributed by atoms with Crippen LogP contribution >= 0.6 is 0 Å². The van der Waals surface area contributed by atoms with Gasteiger partial charge >= 0.3 is 5.97 Å². The van der Waals surface area contributed by atoms with Crippen molar-refractivity contribution < 1.29 is 15.0 Å². The maximum atomic E-state index is 10.4. The number of carboxylic acid groups (broad SMARTS) is 1. The molecule has 0 spiro atoms. The predicted molar refractivity (Wildman–Crippen MR) is 74.7 cm³/mol. The second kappa shape index (κ2) is 6.56. The van der Waals surface area contributed by atoms with Crippen molar-refractivity contribution in [3.63, 3.8) is 0 Å². The van der Waals surface area contributed by atoms with Crippen LogP contribution < -0.4 is 0 Å². The summed E-state index contributed by atoms with van der Waals surface area (Å²) in [5, 5.41) is 18.5. The molecule has 0 amide bonds. The van der Waals surface area contributed by atoms with Gasteiger partial charge in [0.1, 0.15) is 0 Å². The molecule has 19 heavy (non-hydrogen) atoms. The van der Waals surface area contributed by atoms with Gasteiger partial charge < -0.3 is 10.2 Å². The van der Waals surface area contributed by atoms with Gasteiger partial charge in [-0.2, -0.15) is 0 Å². The van der Waals surface area contributed by atoms with E-state index in [1.807, 2.05) is 6.92 Å². The summed E-state index contributed by atoms with van der Waals surface area (Å²) >= 11 is 0. The third-order valence-corrected chi connectivity index (χ3v) is 5.05. The average molecular weight is 266 g/mol. The lowest BCUT2D eigenvalue weighted by Crippen LogP contribution is -2.30. The molecule has 0 aromatic carbocycles. The summed E-state index contributed by atoms with van der Waals surface area (Å²) in [6.45, 7) is 1.94. The van der Waals surface area contributed by atoms with E-state index >= 15 is 0 Å². The van der Waals surface area contributed by atoms with Crippen LogP contribution in [0.1, 0.15) is 51.9 Å². The van der Waals surface area contributed by atoms with Crippen LogP contribution in [-0.4, -0.2) is 22.3 Å². The smallest absolute Gasteiger partial charge is 0.303 e. The van der Waals surface area contributed by atoms with Gasteiger partial charge in [-0.3, -0.25) is 4.79 Å². The first-order valence-electron chi connectivity index (χ1n) is 7.64. The van der Waals surface area contributed by atoms with E-state index in [-0.39, 0.29) is 12.5 Å². The van der Waals surface area contributed by atoms with E-state index in [1.54, 1.807) is 0 Å². The minimum absolute atomic E-state index is 0.180. The topological polar surface area (TPSA) is 57.5 Å². The Hall–Kier alpha value is -0.830. The Kier molecular flexibility index (Phi) is 5.03. The zero-order valence-electron chi connectivity index (χ0n) is 11.8. The molecule has 3 heteroatoms. The van der Waals surface area contributed by atoms with E-state index in [4.69, 9.17) is 5.11 Å². The van der Waals surface area contributed by atoms with Gasteiger partial charge in [-0.25, -0.2) is 0 Å². The lowest BCUT2D eigenvalue weighted by molar-refractivity contribution is -0.137. The monoisotopic (exact) mass is 266 g/mol. The second-order valence-corrected chi connectivity index (χ2v) is 6.31. The van der Waals surface area contributed by atoms with Gasteiger partial charge in [-0.15, -0.1) is 0 Å². The van der Waals surface area contributed by atoms with Crippen molar-refractivity contribution >= 4 is 5.97 Å². The Bertz CT molecular complexity index is 335. The number of aliphatic hydroxyl groups excluding tert-OH is 1. The fourth-order valence-electron chi connectivity index (χ4n) is 4.30. The molecule has 0 heterocycles. The molecule has 108 valence electrons. The van der Waals surface area contributed by atoms with E-state index in [9.17, 15) is 9.90 Å². The summed E-state index contributed by atoms with van der Waals surface area (Å²) in [6.07, 6.45) is 11.0. The Morgan fingerprint density at radius 3 is 2.74 bits per heavy atom. The van der Waals surface area contributed by atoms with Gasteiger partial charge in [0, 0.05) is 6.42 Å². The molecule has 2 bridgehead atoms. The summed E-state index contributed by atoms with van der Waals surface area (Å²) < 4.78 is 0. The van der Waals surface area contributed by atoms with Crippen LogP contribution in [-0.2, 0) is 4.79 Å². The number of aliphatic hydroxyl groups is 1. The predicted octanol–water partition coefficient (Wildman–Crippen LogP) is 3.23. The molecular weight excluding hydrogens is 240 g/mol. The zero-order chi connectivity index (χ0) is 13.8. The molecule has 2 saturated carbocycles. The summed E-state index contributed by atoms with van der Waals surface area (Å²) in [5.41, 5.74) is 0. The van der Waals surface area contributed by atoms with Crippen molar-refractivity contribution in [2.24, 2.45) is 23.7 Å². The first-order chi connectivity index (χ1) is 9.09. The van der Waals surface area contributed by atoms with Gasteiger partial charge in [-0.1, -0.05) is 12.2 Å². The molecule has 0 radical (unpaired) electrons. The highest BCUT2D eigenvalue weighted by Crippen LogP contribution is 2.54. The molecule has 0 unspecified atom stereocenters. The second-order valence-electron chi connectivity index (χ2n) is 6.31. The van der Waals surface area contributed by atoms with Gasteiger partial charge in [-0.05, 0) is 69.1 Å². The van der Waals surface area contributed by atoms with E-state index in [0.717, 1.165) is 31.1 Å². The molecule has 0 saturated heterocycles. The van der Waals surface area contributed by atoms with Crippen molar-refractivity contribution in [1.29, 1.82) is 0 Å². The highest BCUT2D eigenvalue weighted by molar-refractivity contribution is 5.66. The van der Waals surface area contributed by atoms with E-state index in [0.29, 0.717) is 11.8 Å². The van der Waals surface area contributed by atoms with Gasteiger partial charge in [0.05, 0.1) is 6.10 Å². The molecule has 0 aliphatic heterocycles. The lowest BCUT2D eigenvalue weighted by atomic mass is 9.75. The number of unbranched alkanes of at least 4 members (excludes halogenated alkanes) is 1. The van der Waals surface area contributed by atoms with Gasteiger partial charge in [0.2, 0.25) is 0 Å². The Morgan fingerprint density at radius 1 is 1.32 bits per heavy atom. The zero-order valence-corrected chi connectivity index (χ0v) is 11.8. The molecule has 2 fully saturated rings. The maximum absolute atomic E-state index is 10.4. The number of fused-ring (bicyclic) bond motifs is 2. The highest BCUT2D eigenvalue weighted by atomic mass is 16.4. The van der Waals surface area contributed by atoms with Crippen LogP contribution in [0.2, 0.25) is 0 Å². The third kappa shape index (κ3) is 3.59. The Morgan fingerprint density at radius 2 is 2.05 bits per heavy atom. The molecule has 2 aliphatic rings. The molecule has 0 aromatic heterocycles. The summed E-state index contributed by atoms with van der Waals surface area (Å²) in [4.78, 5) is 10.4. The molecular formula is C16H26O3. The molecule has 2 rings (SSSR count). The molecule has 3 nitrogen and oxygen atoms in total. The van der Waals surface area contributed by atoms with E-state index in [2.05, 4.69) is 12.2 Å². The average Bonchev–Trinajstić information content (AvgIpc) is 2.93. The maximum Gasteiger partial charge on any atom is 0.303 e. The molecule has 2 aliphatic carbocycles. The van der Waals surface area contributed by atoms with Crippen molar-refractivity contribution in [3.8, 4) is 0 Å². The van der Waals surface area contributed by atoms with Crippen molar-refractivity contribution in [2.75, 3.05) is 0 Å². The number of carbonyl (C=O) groups is 1. The number of carboxylic acids is 1.